The summed E-state index contributed by atoms with van der Waals surface area (Å²) in [6.07, 6.45) is 9.60. The molecular weight excluding hydrogens is 684 g/mol. The van der Waals surface area contributed by atoms with Crippen LogP contribution in [0.5, 0.6) is 5.75 Å². The summed E-state index contributed by atoms with van der Waals surface area (Å²) in [5, 5.41) is 5.89. The van der Waals surface area contributed by atoms with Crippen LogP contribution >= 0.6 is 69.1 Å². The molecule has 44 heavy (non-hydrogen) atoms. The maximum Gasteiger partial charge on any atom is 0.183 e. The standard InChI is InChI=1S/C18H13Cl2N5OS.C10H4Cl2N4S/c1-26-14-3-2-10(6-12(14)19)8-23-16-11-7-15(20)27-18(11)25-17(24-16)13-9-21-4-5-22-13;11-7-3-5-8(12)15-9(16-10(5)17-7)6-4-13-1-2-14-6/h2-7,9H,8H2,1H3,(H,23,24,25);1-4H. The lowest BCUT2D eigenvalue weighted by molar-refractivity contribution is 0.415. The quantitative estimate of drug-likeness (QED) is 0.169. The molecule has 0 aliphatic carbocycles. The number of hydrogen-bond acceptors (Lipinski definition) is 12. The highest BCUT2D eigenvalue weighted by atomic mass is 35.5. The fourth-order valence-electron chi connectivity index (χ4n) is 3.95. The van der Waals surface area contributed by atoms with Crippen LogP contribution in [0.2, 0.25) is 18.8 Å². The van der Waals surface area contributed by atoms with Gasteiger partial charge in [0.05, 0.1) is 44.0 Å². The average Bonchev–Trinajstić information content (AvgIpc) is 3.62. The van der Waals surface area contributed by atoms with Gasteiger partial charge in [-0.3, -0.25) is 9.97 Å². The van der Waals surface area contributed by atoms with Crippen molar-refractivity contribution in [1.82, 2.24) is 39.9 Å². The maximum absolute atomic E-state index is 6.21. The molecule has 1 N–H and O–H groups in total. The summed E-state index contributed by atoms with van der Waals surface area (Å²) in [6.45, 7) is 0.531. The third kappa shape index (κ3) is 6.80. The van der Waals surface area contributed by atoms with Gasteiger partial charge in [0.2, 0.25) is 0 Å². The normalized spacial score (nSPS) is 10.9. The van der Waals surface area contributed by atoms with Gasteiger partial charge in [0.15, 0.2) is 11.6 Å². The Balaban J connectivity index is 0.000000173. The molecule has 7 aromatic rings. The summed E-state index contributed by atoms with van der Waals surface area (Å²) in [6, 6.07) is 9.24. The van der Waals surface area contributed by atoms with Crippen molar-refractivity contribution in [1.29, 1.82) is 0 Å². The number of methoxy groups -OCH3 is 1. The number of benzene rings is 1. The predicted octanol–water partition coefficient (Wildman–Crippen LogP) is 8.53. The second kappa shape index (κ2) is 13.5. The van der Waals surface area contributed by atoms with Gasteiger partial charge in [0, 0.05) is 31.3 Å². The molecule has 0 radical (unpaired) electrons. The Hall–Kier alpha value is -3.78. The van der Waals surface area contributed by atoms with Crippen LogP contribution in [0.3, 0.4) is 0 Å². The van der Waals surface area contributed by atoms with Crippen LogP contribution in [0.25, 0.3) is 43.5 Å². The molecule has 0 fully saturated rings. The number of thiophene rings is 2. The molecule has 0 bridgehead atoms. The van der Waals surface area contributed by atoms with E-state index in [0.717, 1.165) is 26.0 Å². The van der Waals surface area contributed by atoms with E-state index in [1.807, 2.05) is 24.3 Å². The van der Waals surface area contributed by atoms with Crippen LogP contribution in [0.4, 0.5) is 5.82 Å². The fraction of sp³-hybridized carbons (Fsp3) is 0.0714. The molecule has 0 saturated carbocycles. The van der Waals surface area contributed by atoms with Gasteiger partial charge in [0.1, 0.15) is 37.8 Å². The number of anilines is 1. The molecule has 0 spiro atoms. The van der Waals surface area contributed by atoms with E-state index in [1.165, 1.54) is 22.7 Å². The van der Waals surface area contributed by atoms with Gasteiger partial charge in [-0.1, -0.05) is 52.5 Å². The van der Waals surface area contributed by atoms with Crippen molar-refractivity contribution in [3.8, 4) is 28.8 Å². The fourth-order valence-corrected chi connectivity index (χ4v) is 6.68. The second-order valence-corrected chi connectivity index (χ2v) is 12.9. The molecular formula is C28H17Cl4N9OS2. The van der Waals surface area contributed by atoms with Crippen LogP contribution in [0.1, 0.15) is 5.56 Å². The number of rotatable bonds is 6. The van der Waals surface area contributed by atoms with Crippen LogP contribution < -0.4 is 10.1 Å². The molecule has 10 nitrogen and oxygen atoms in total. The van der Waals surface area contributed by atoms with Gasteiger partial charge in [-0.2, -0.15) is 0 Å². The number of aromatic nitrogens is 8. The van der Waals surface area contributed by atoms with Gasteiger partial charge in [-0.15, -0.1) is 22.7 Å². The van der Waals surface area contributed by atoms with E-state index in [-0.39, 0.29) is 0 Å². The lowest BCUT2D eigenvalue weighted by Crippen LogP contribution is -2.04. The SMILES string of the molecule is COc1ccc(CNc2nc(-c3cnccn3)nc3sc(Cl)cc23)cc1Cl.Clc1cc2c(Cl)nc(-c3cnccn3)nc2s1. The lowest BCUT2D eigenvalue weighted by atomic mass is 10.2. The molecule has 0 aliphatic heterocycles. The zero-order chi connectivity index (χ0) is 30.6. The number of halogens is 4. The monoisotopic (exact) mass is 699 g/mol. The Morgan fingerprint density at radius 1 is 0.727 bits per heavy atom. The van der Waals surface area contributed by atoms with Crippen molar-refractivity contribution in [2.24, 2.45) is 0 Å². The Labute approximate surface area is 278 Å². The Morgan fingerprint density at radius 2 is 1.34 bits per heavy atom. The zero-order valence-corrected chi connectivity index (χ0v) is 27.0. The number of nitrogens with one attached hydrogen (secondary N) is 1. The van der Waals surface area contributed by atoms with E-state index in [9.17, 15) is 0 Å². The minimum absolute atomic E-state index is 0.374. The molecule has 0 atom stereocenters. The van der Waals surface area contributed by atoms with Crippen LogP contribution in [-0.4, -0.2) is 47.0 Å². The minimum atomic E-state index is 0.374. The number of nitrogens with zero attached hydrogens (tertiary/aromatic N) is 8. The second-order valence-electron chi connectivity index (χ2n) is 8.78. The first-order valence-corrected chi connectivity index (χ1v) is 15.7. The lowest BCUT2D eigenvalue weighted by Gasteiger charge is -2.10. The van der Waals surface area contributed by atoms with Crippen molar-refractivity contribution in [3.05, 3.63) is 91.9 Å². The largest absolute Gasteiger partial charge is 0.495 e. The molecule has 0 unspecified atom stereocenters. The van der Waals surface area contributed by atoms with E-state index >= 15 is 0 Å². The predicted molar refractivity (Wildman–Crippen MR) is 177 cm³/mol. The summed E-state index contributed by atoms with van der Waals surface area (Å²) < 4.78 is 6.47. The van der Waals surface area contributed by atoms with Crippen molar-refractivity contribution in [2.75, 3.05) is 12.4 Å². The first-order valence-electron chi connectivity index (χ1n) is 12.6. The third-order valence-electron chi connectivity index (χ3n) is 5.94. The Kier molecular flexibility index (Phi) is 9.26. The first kappa shape index (κ1) is 30.3. The van der Waals surface area contributed by atoms with Crippen molar-refractivity contribution < 1.29 is 4.74 Å². The van der Waals surface area contributed by atoms with E-state index in [0.29, 0.717) is 60.0 Å². The highest BCUT2D eigenvalue weighted by Crippen LogP contribution is 2.35. The van der Waals surface area contributed by atoms with Gasteiger partial charge in [-0.25, -0.2) is 29.9 Å². The highest BCUT2D eigenvalue weighted by molar-refractivity contribution is 7.22. The van der Waals surface area contributed by atoms with Crippen molar-refractivity contribution in [3.63, 3.8) is 0 Å². The molecule has 16 heteroatoms. The highest BCUT2D eigenvalue weighted by Gasteiger charge is 2.14. The molecule has 7 rings (SSSR count). The molecule has 0 aliphatic rings. The van der Waals surface area contributed by atoms with Gasteiger partial charge < -0.3 is 10.1 Å². The number of ether oxygens (including phenoxy) is 1. The molecule has 6 heterocycles. The molecule has 1 aromatic carbocycles. The molecule has 0 saturated heterocycles. The first-order chi connectivity index (χ1) is 21.4. The third-order valence-corrected chi connectivity index (χ3v) is 8.84. The summed E-state index contributed by atoms with van der Waals surface area (Å²) >= 11 is 27.1. The summed E-state index contributed by atoms with van der Waals surface area (Å²) in [5.41, 5.74) is 2.18. The minimum Gasteiger partial charge on any atom is -0.495 e. The van der Waals surface area contributed by atoms with E-state index in [2.05, 4.69) is 45.2 Å². The van der Waals surface area contributed by atoms with E-state index in [4.69, 9.17) is 51.1 Å². The summed E-state index contributed by atoms with van der Waals surface area (Å²) in [5.74, 6) is 2.26. The van der Waals surface area contributed by atoms with Gasteiger partial charge >= 0.3 is 0 Å². The van der Waals surface area contributed by atoms with Crippen LogP contribution in [0.15, 0.2) is 67.5 Å². The van der Waals surface area contributed by atoms with E-state index in [1.54, 1.807) is 50.4 Å². The van der Waals surface area contributed by atoms with Crippen LogP contribution in [0, 0.1) is 0 Å². The molecule has 6 aromatic heterocycles. The summed E-state index contributed by atoms with van der Waals surface area (Å²) in [4.78, 5) is 35.7. The topological polar surface area (TPSA) is 124 Å². The van der Waals surface area contributed by atoms with Gasteiger partial charge in [-0.05, 0) is 29.8 Å². The Morgan fingerprint density at radius 3 is 1.93 bits per heavy atom. The van der Waals surface area contributed by atoms with Crippen molar-refractivity contribution in [2.45, 2.75) is 6.54 Å². The molecule has 220 valence electrons. The average molecular weight is 701 g/mol. The Bertz CT molecular complexity index is 2080. The molecule has 0 amide bonds. The van der Waals surface area contributed by atoms with Crippen molar-refractivity contribution >= 4 is 95.3 Å². The van der Waals surface area contributed by atoms with Crippen LogP contribution in [-0.2, 0) is 6.54 Å². The van der Waals surface area contributed by atoms with E-state index < -0.39 is 0 Å². The summed E-state index contributed by atoms with van der Waals surface area (Å²) in [7, 11) is 1.59. The van der Waals surface area contributed by atoms with Gasteiger partial charge in [0.25, 0.3) is 0 Å². The number of hydrogen-bond donors (Lipinski definition) is 1. The zero-order valence-electron chi connectivity index (χ0n) is 22.4. The number of fused-ring (bicyclic) bond motifs is 2. The maximum atomic E-state index is 6.21. The smallest absolute Gasteiger partial charge is 0.183 e.